The number of halogens is 2. The quantitative estimate of drug-likeness (QED) is 0.840. The summed E-state index contributed by atoms with van der Waals surface area (Å²) in [5.74, 6) is -1.03. The molecule has 6 heteroatoms. The highest BCUT2D eigenvalue weighted by atomic mass is 19.1. The number of anilines is 1. The van der Waals surface area contributed by atoms with Crippen molar-refractivity contribution >= 4 is 11.6 Å². The van der Waals surface area contributed by atoms with Crippen LogP contribution in [0.1, 0.15) is 0 Å². The second-order valence-corrected chi connectivity index (χ2v) is 4.17. The van der Waals surface area contributed by atoms with Crippen molar-refractivity contribution < 1.29 is 13.6 Å². The van der Waals surface area contributed by atoms with E-state index in [1.807, 2.05) is 0 Å². The Kier molecular flexibility index (Phi) is 3.76. The molecule has 2 rings (SSSR count). The third kappa shape index (κ3) is 2.59. The first-order valence-electron chi connectivity index (χ1n) is 5.79. The molecule has 0 radical (unpaired) electrons. The first kappa shape index (κ1) is 12.8. The van der Waals surface area contributed by atoms with E-state index in [0.717, 1.165) is 12.1 Å². The van der Waals surface area contributed by atoms with Gasteiger partial charge in [-0.1, -0.05) is 0 Å². The first-order chi connectivity index (χ1) is 8.61. The molecule has 0 unspecified atom stereocenters. The molecule has 1 fully saturated rings. The van der Waals surface area contributed by atoms with E-state index in [1.165, 1.54) is 6.07 Å². The Morgan fingerprint density at radius 2 is 1.89 bits per heavy atom. The van der Waals surface area contributed by atoms with Crippen molar-refractivity contribution in [3.05, 3.63) is 29.8 Å². The Morgan fingerprint density at radius 1 is 1.22 bits per heavy atom. The normalized spacial score (nSPS) is 15.9. The number of nitrogens with zero attached hydrogens (tertiary/aromatic N) is 2. The molecule has 1 heterocycles. The van der Waals surface area contributed by atoms with Gasteiger partial charge in [0.2, 0.25) is 5.91 Å². The van der Waals surface area contributed by atoms with Crippen LogP contribution in [0.3, 0.4) is 0 Å². The standard InChI is InChI=1S/C12H15F2N3O/c13-9-1-2-10(14)11(7-9)16-3-5-17(6-4-16)12(18)8-15/h1-2,7H,3-6,8,15H2. The molecule has 1 aliphatic rings. The lowest BCUT2D eigenvalue weighted by molar-refractivity contribution is -0.129. The van der Waals surface area contributed by atoms with Gasteiger partial charge in [-0.2, -0.15) is 0 Å². The molecule has 0 aliphatic carbocycles. The fourth-order valence-corrected chi connectivity index (χ4v) is 2.05. The minimum Gasteiger partial charge on any atom is -0.366 e. The molecule has 1 amide bonds. The predicted octanol–water partition coefficient (Wildman–Crippen LogP) is 0.572. The number of hydrogen-bond acceptors (Lipinski definition) is 3. The van der Waals surface area contributed by atoms with E-state index in [-0.39, 0.29) is 18.1 Å². The van der Waals surface area contributed by atoms with Crippen LogP contribution in [0.4, 0.5) is 14.5 Å². The number of nitrogens with two attached hydrogens (primary N) is 1. The summed E-state index contributed by atoms with van der Waals surface area (Å²) < 4.78 is 26.7. The highest BCUT2D eigenvalue weighted by Gasteiger charge is 2.22. The first-order valence-corrected chi connectivity index (χ1v) is 5.79. The van der Waals surface area contributed by atoms with Crippen molar-refractivity contribution in [1.82, 2.24) is 4.90 Å². The van der Waals surface area contributed by atoms with E-state index in [9.17, 15) is 13.6 Å². The zero-order valence-electron chi connectivity index (χ0n) is 9.90. The number of benzene rings is 1. The summed E-state index contributed by atoms with van der Waals surface area (Å²) in [6.45, 7) is 1.89. The predicted molar refractivity (Wildman–Crippen MR) is 64.2 cm³/mol. The average molecular weight is 255 g/mol. The third-order valence-electron chi connectivity index (χ3n) is 3.06. The molecular formula is C12H15F2N3O. The summed E-state index contributed by atoms with van der Waals surface area (Å²) in [4.78, 5) is 14.7. The molecule has 1 saturated heterocycles. The van der Waals surface area contributed by atoms with Gasteiger partial charge < -0.3 is 15.5 Å². The molecule has 1 aromatic rings. The maximum absolute atomic E-state index is 13.6. The Hall–Kier alpha value is -1.69. The number of carbonyl (C=O) groups excluding carboxylic acids is 1. The van der Waals surface area contributed by atoms with Crippen LogP contribution in [0.25, 0.3) is 0 Å². The van der Waals surface area contributed by atoms with E-state index in [4.69, 9.17) is 5.73 Å². The van der Waals surface area contributed by atoms with Crippen LogP contribution in [0.5, 0.6) is 0 Å². The fourth-order valence-electron chi connectivity index (χ4n) is 2.05. The second kappa shape index (κ2) is 5.30. The van der Waals surface area contributed by atoms with Crippen LogP contribution in [0.2, 0.25) is 0 Å². The highest BCUT2D eigenvalue weighted by molar-refractivity contribution is 5.78. The maximum atomic E-state index is 13.6. The smallest absolute Gasteiger partial charge is 0.236 e. The van der Waals surface area contributed by atoms with E-state index < -0.39 is 11.6 Å². The molecule has 0 atom stereocenters. The number of rotatable bonds is 2. The molecular weight excluding hydrogens is 240 g/mol. The Balaban J connectivity index is 2.05. The van der Waals surface area contributed by atoms with Gasteiger partial charge in [0, 0.05) is 32.2 Å². The molecule has 0 saturated carbocycles. The molecule has 0 bridgehead atoms. The molecule has 4 nitrogen and oxygen atoms in total. The summed E-state index contributed by atoms with van der Waals surface area (Å²) >= 11 is 0. The van der Waals surface area contributed by atoms with Crippen LogP contribution in [0.15, 0.2) is 18.2 Å². The Bertz CT molecular complexity index is 445. The molecule has 1 aliphatic heterocycles. The summed E-state index contributed by atoms with van der Waals surface area (Å²) in [6.07, 6.45) is 0. The van der Waals surface area contributed by atoms with E-state index >= 15 is 0 Å². The lowest BCUT2D eigenvalue weighted by Crippen LogP contribution is -2.50. The molecule has 0 aromatic heterocycles. The lowest BCUT2D eigenvalue weighted by atomic mass is 10.2. The minimum absolute atomic E-state index is 0.0195. The fraction of sp³-hybridized carbons (Fsp3) is 0.417. The van der Waals surface area contributed by atoms with Crippen molar-refractivity contribution in [2.45, 2.75) is 0 Å². The van der Waals surface area contributed by atoms with Gasteiger partial charge in [0.1, 0.15) is 11.6 Å². The molecule has 0 spiro atoms. The van der Waals surface area contributed by atoms with E-state index in [1.54, 1.807) is 9.80 Å². The van der Waals surface area contributed by atoms with Crippen molar-refractivity contribution in [3.63, 3.8) is 0 Å². The third-order valence-corrected chi connectivity index (χ3v) is 3.06. The molecule has 98 valence electrons. The molecule has 2 N–H and O–H groups in total. The number of carbonyl (C=O) groups is 1. The number of hydrogen-bond donors (Lipinski definition) is 1. The summed E-state index contributed by atoms with van der Waals surface area (Å²) in [5, 5.41) is 0. The van der Waals surface area contributed by atoms with Crippen molar-refractivity contribution in [2.24, 2.45) is 5.73 Å². The van der Waals surface area contributed by atoms with Gasteiger partial charge in [0.15, 0.2) is 0 Å². The van der Waals surface area contributed by atoms with Crippen molar-refractivity contribution in [1.29, 1.82) is 0 Å². The van der Waals surface area contributed by atoms with Crippen molar-refractivity contribution in [2.75, 3.05) is 37.6 Å². The van der Waals surface area contributed by atoms with Crippen LogP contribution in [-0.2, 0) is 4.79 Å². The zero-order chi connectivity index (χ0) is 13.1. The van der Waals surface area contributed by atoms with Gasteiger partial charge in [-0.25, -0.2) is 8.78 Å². The summed E-state index contributed by atoms with van der Waals surface area (Å²) in [6, 6.07) is 3.38. The monoisotopic (exact) mass is 255 g/mol. The van der Waals surface area contributed by atoms with Gasteiger partial charge in [0.05, 0.1) is 12.2 Å². The summed E-state index contributed by atoms with van der Waals surface area (Å²) in [7, 11) is 0. The number of amides is 1. The highest BCUT2D eigenvalue weighted by Crippen LogP contribution is 2.21. The van der Waals surface area contributed by atoms with Crippen LogP contribution >= 0.6 is 0 Å². The minimum atomic E-state index is -0.466. The van der Waals surface area contributed by atoms with E-state index in [2.05, 4.69) is 0 Å². The van der Waals surface area contributed by atoms with Gasteiger partial charge in [-0.15, -0.1) is 0 Å². The maximum Gasteiger partial charge on any atom is 0.236 e. The van der Waals surface area contributed by atoms with E-state index in [0.29, 0.717) is 26.2 Å². The van der Waals surface area contributed by atoms with Crippen molar-refractivity contribution in [3.8, 4) is 0 Å². The lowest BCUT2D eigenvalue weighted by Gasteiger charge is -2.36. The topological polar surface area (TPSA) is 49.6 Å². The van der Waals surface area contributed by atoms with Crippen LogP contribution < -0.4 is 10.6 Å². The van der Waals surface area contributed by atoms with Crippen LogP contribution in [0, 0.1) is 11.6 Å². The Morgan fingerprint density at radius 3 is 2.50 bits per heavy atom. The largest absolute Gasteiger partial charge is 0.366 e. The average Bonchev–Trinajstić information content (AvgIpc) is 2.41. The zero-order valence-corrected chi connectivity index (χ0v) is 9.90. The van der Waals surface area contributed by atoms with Gasteiger partial charge in [-0.3, -0.25) is 4.79 Å². The van der Waals surface area contributed by atoms with Gasteiger partial charge in [0.25, 0.3) is 0 Å². The Labute approximate surface area is 104 Å². The SMILES string of the molecule is NCC(=O)N1CCN(c2cc(F)ccc2F)CC1. The summed E-state index contributed by atoms with van der Waals surface area (Å²) in [5.41, 5.74) is 5.52. The second-order valence-electron chi connectivity index (χ2n) is 4.17. The molecule has 18 heavy (non-hydrogen) atoms. The molecule has 1 aromatic carbocycles. The van der Waals surface area contributed by atoms with Gasteiger partial charge >= 0.3 is 0 Å². The van der Waals surface area contributed by atoms with Crippen LogP contribution in [-0.4, -0.2) is 43.5 Å². The number of piperazine rings is 1. The van der Waals surface area contributed by atoms with Gasteiger partial charge in [-0.05, 0) is 12.1 Å².